The number of nitrogens with zero attached hydrogens (tertiary/aromatic N) is 1. The van der Waals surface area contributed by atoms with E-state index in [0.29, 0.717) is 12.4 Å². The average molecular weight is 246 g/mol. The molecule has 96 valence electrons. The second-order valence-electron chi connectivity index (χ2n) is 4.41. The van der Waals surface area contributed by atoms with Crippen LogP contribution in [0, 0.1) is 5.92 Å². The van der Waals surface area contributed by atoms with E-state index in [1.807, 2.05) is 12.1 Å². The minimum Gasteiger partial charge on any atom is -0.481 e. The van der Waals surface area contributed by atoms with Crippen LogP contribution in [0.25, 0.3) is 0 Å². The Balaban J connectivity index is 1.86. The van der Waals surface area contributed by atoms with Crippen molar-refractivity contribution in [2.75, 3.05) is 7.11 Å². The lowest BCUT2D eigenvalue weighted by Gasteiger charge is -2.17. The van der Waals surface area contributed by atoms with Crippen LogP contribution in [0.4, 0.5) is 0 Å². The molecule has 18 heavy (non-hydrogen) atoms. The second kappa shape index (κ2) is 6.19. The number of hydrogen-bond acceptors (Lipinski definition) is 3. The van der Waals surface area contributed by atoms with Crippen molar-refractivity contribution in [3.05, 3.63) is 36.0 Å². The molecule has 0 aliphatic heterocycles. The van der Waals surface area contributed by atoms with Gasteiger partial charge >= 0.3 is 0 Å². The summed E-state index contributed by atoms with van der Waals surface area (Å²) in [5.74, 6) is 0.830. The van der Waals surface area contributed by atoms with Gasteiger partial charge in [0.25, 0.3) is 0 Å². The molecule has 0 radical (unpaired) electrons. The molecule has 2 rings (SSSR count). The number of carbonyl (C=O) groups excluding carboxylic acids is 1. The SMILES string of the molecule is COc1cc(CNC(=O)[C@H]2CC=CCC2)ccn1. The lowest BCUT2D eigenvalue weighted by Crippen LogP contribution is -2.30. The molecule has 0 unspecified atom stereocenters. The third-order valence-electron chi connectivity index (χ3n) is 3.11. The van der Waals surface area contributed by atoms with Gasteiger partial charge in [0.1, 0.15) is 0 Å². The summed E-state index contributed by atoms with van der Waals surface area (Å²) in [5, 5.41) is 2.96. The van der Waals surface area contributed by atoms with Crippen molar-refractivity contribution in [1.82, 2.24) is 10.3 Å². The van der Waals surface area contributed by atoms with E-state index in [1.54, 1.807) is 13.3 Å². The predicted octanol–water partition coefficient (Wildman–Crippen LogP) is 2.06. The highest BCUT2D eigenvalue weighted by molar-refractivity contribution is 5.78. The minimum absolute atomic E-state index is 0.124. The number of aromatic nitrogens is 1. The fourth-order valence-corrected chi connectivity index (χ4v) is 2.04. The second-order valence-corrected chi connectivity index (χ2v) is 4.41. The average Bonchev–Trinajstić information content (AvgIpc) is 2.46. The van der Waals surface area contributed by atoms with E-state index >= 15 is 0 Å². The fraction of sp³-hybridized carbons (Fsp3) is 0.429. The van der Waals surface area contributed by atoms with Crippen molar-refractivity contribution in [3.8, 4) is 5.88 Å². The van der Waals surface area contributed by atoms with Gasteiger partial charge in [-0.15, -0.1) is 0 Å². The number of hydrogen-bond donors (Lipinski definition) is 1. The summed E-state index contributed by atoms with van der Waals surface area (Å²) in [6, 6.07) is 3.71. The number of amides is 1. The Morgan fingerprint density at radius 2 is 2.44 bits per heavy atom. The van der Waals surface area contributed by atoms with Gasteiger partial charge in [-0.1, -0.05) is 12.2 Å². The first-order valence-corrected chi connectivity index (χ1v) is 6.21. The third-order valence-corrected chi connectivity index (χ3v) is 3.11. The molecule has 1 N–H and O–H groups in total. The first-order chi connectivity index (χ1) is 8.79. The monoisotopic (exact) mass is 246 g/mol. The Labute approximate surface area is 107 Å². The molecule has 1 heterocycles. The maximum absolute atomic E-state index is 11.9. The molecular formula is C14H18N2O2. The van der Waals surface area contributed by atoms with Gasteiger partial charge in [0.05, 0.1) is 7.11 Å². The van der Waals surface area contributed by atoms with E-state index in [2.05, 4.69) is 22.5 Å². The largest absolute Gasteiger partial charge is 0.481 e. The molecule has 0 saturated carbocycles. The molecule has 1 aliphatic rings. The van der Waals surface area contributed by atoms with Crippen molar-refractivity contribution >= 4 is 5.91 Å². The maximum atomic E-state index is 11.9. The number of rotatable bonds is 4. The zero-order valence-electron chi connectivity index (χ0n) is 10.6. The molecule has 1 amide bonds. The molecule has 1 aliphatic carbocycles. The Hall–Kier alpha value is -1.84. The zero-order valence-corrected chi connectivity index (χ0v) is 10.6. The summed E-state index contributed by atoms with van der Waals surface area (Å²) in [6.45, 7) is 0.526. The van der Waals surface area contributed by atoms with Crippen LogP contribution in [-0.4, -0.2) is 18.0 Å². The molecule has 0 fully saturated rings. The van der Waals surface area contributed by atoms with Gasteiger partial charge in [0.15, 0.2) is 0 Å². The van der Waals surface area contributed by atoms with E-state index < -0.39 is 0 Å². The highest BCUT2D eigenvalue weighted by atomic mass is 16.5. The van der Waals surface area contributed by atoms with Crippen molar-refractivity contribution < 1.29 is 9.53 Å². The third kappa shape index (κ3) is 3.32. The van der Waals surface area contributed by atoms with E-state index in [1.165, 1.54) is 0 Å². The lowest BCUT2D eigenvalue weighted by molar-refractivity contribution is -0.125. The minimum atomic E-state index is 0.124. The zero-order chi connectivity index (χ0) is 12.8. The topological polar surface area (TPSA) is 51.2 Å². The van der Waals surface area contributed by atoms with Crippen LogP contribution in [0.2, 0.25) is 0 Å². The van der Waals surface area contributed by atoms with Gasteiger partial charge < -0.3 is 10.1 Å². The molecule has 0 bridgehead atoms. The summed E-state index contributed by atoms with van der Waals surface area (Å²) >= 11 is 0. The van der Waals surface area contributed by atoms with Crippen molar-refractivity contribution in [1.29, 1.82) is 0 Å². The maximum Gasteiger partial charge on any atom is 0.223 e. The van der Waals surface area contributed by atoms with Crippen LogP contribution >= 0.6 is 0 Å². The Morgan fingerprint density at radius 1 is 1.56 bits per heavy atom. The van der Waals surface area contributed by atoms with Gasteiger partial charge in [-0.3, -0.25) is 4.79 Å². The summed E-state index contributed by atoms with van der Waals surface area (Å²) in [5.41, 5.74) is 1.00. The van der Waals surface area contributed by atoms with E-state index in [0.717, 1.165) is 24.8 Å². The Morgan fingerprint density at radius 3 is 3.17 bits per heavy atom. The predicted molar refractivity (Wildman–Crippen MR) is 69.1 cm³/mol. The van der Waals surface area contributed by atoms with Gasteiger partial charge in [0, 0.05) is 24.7 Å². The van der Waals surface area contributed by atoms with Gasteiger partial charge in [-0.2, -0.15) is 0 Å². The highest BCUT2D eigenvalue weighted by Gasteiger charge is 2.17. The number of ether oxygens (including phenoxy) is 1. The van der Waals surface area contributed by atoms with Crippen LogP contribution < -0.4 is 10.1 Å². The van der Waals surface area contributed by atoms with E-state index in [9.17, 15) is 4.79 Å². The van der Waals surface area contributed by atoms with Crippen molar-refractivity contribution in [2.24, 2.45) is 5.92 Å². The van der Waals surface area contributed by atoms with E-state index in [-0.39, 0.29) is 11.8 Å². The number of pyridine rings is 1. The number of allylic oxidation sites excluding steroid dienone is 2. The van der Waals surface area contributed by atoms with Gasteiger partial charge in [-0.05, 0) is 30.9 Å². The van der Waals surface area contributed by atoms with Crippen LogP contribution in [0.1, 0.15) is 24.8 Å². The molecule has 0 saturated heterocycles. The molecule has 4 heteroatoms. The molecule has 1 aromatic heterocycles. The molecule has 1 aromatic rings. The van der Waals surface area contributed by atoms with Crippen LogP contribution in [0.3, 0.4) is 0 Å². The standard InChI is InChI=1S/C14H18N2O2/c1-18-13-9-11(7-8-15-13)10-16-14(17)12-5-3-2-4-6-12/h2-3,7-9,12H,4-6,10H2,1H3,(H,16,17)/t12-/m0/s1. The number of methoxy groups -OCH3 is 1. The summed E-state index contributed by atoms with van der Waals surface area (Å²) in [7, 11) is 1.58. The summed E-state index contributed by atoms with van der Waals surface area (Å²) in [4.78, 5) is 16.0. The first-order valence-electron chi connectivity index (χ1n) is 6.21. The molecule has 0 aromatic carbocycles. The van der Waals surface area contributed by atoms with Crippen LogP contribution in [0.5, 0.6) is 5.88 Å². The summed E-state index contributed by atoms with van der Waals surface area (Å²) in [6.07, 6.45) is 8.71. The normalized spacial score (nSPS) is 18.4. The van der Waals surface area contributed by atoms with Crippen molar-refractivity contribution in [3.63, 3.8) is 0 Å². The first kappa shape index (κ1) is 12.6. The Bertz CT molecular complexity index is 443. The molecule has 4 nitrogen and oxygen atoms in total. The van der Waals surface area contributed by atoms with Crippen LogP contribution in [-0.2, 0) is 11.3 Å². The lowest BCUT2D eigenvalue weighted by atomic mass is 9.93. The number of carbonyl (C=O) groups is 1. The summed E-state index contributed by atoms with van der Waals surface area (Å²) < 4.78 is 5.05. The Kier molecular flexibility index (Phi) is 4.34. The van der Waals surface area contributed by atoms with Crippen molar-refractivity contribution in [2.45, 2.75) is 25.8 Å². The quantitative estimate of drug-likeness (QED) is 0.827. The van der Waals surface area contributed by atoms with Gasteiger partial charge in [-0.25, -0.2) is 4.98 Å². The number of nitrogens with one attached hydrogen (secondary N) is 1. The molecule has 0 spiro atoms. The molecule has 1 atom stereocenters. The fourth-order valence-electron chi connectivity index (χ4n) is 2.04. The smallest absolute Gasteiger partial charge is 0.223 e. The van der Waals surface area contributed by atoms with Gasteiger partial charge in [0.2, 0.25) is 11.8 Å². The molecular weight excluding hydrogens is 228 g/mol. The van der Waals surface area contributed by atoms with E-state index in [4.69, 9.17) is 4.74 Å². The highest BCUT2D eigenvalue weighted by Crippen LogP contribution is 2.18. The van der Waals surface area contributed by atoms with Crippen LogP contribution in [0.15, 0.2) is 30.5 Å².